The lowest BCUT2D eigenvalue weighted by molar-refractivity contribution is 0.789. The highest BCUT2D eigenvalue weighted by Gasteiger charge is 2.54. The number of nitrogens with zero attached hydrogens (tertiary/aromatic N) is 4. The van der Waals surface area contributed by atoms with Crippen LogP contribution in [0.25, 0.3) is 154 Å². The lowest BCUT2D eigenvalue weighted by atomic mass is 9.35. The topological polar surface area (TPSA) is 19.7 Å². The summed E-state index contributed by atoms with van der Waals surface area (Å²) in [5.74, 6) is 0. The zero-order chi connectivity index (χ0) is 67.8. The number of para-hydroxylation sites is 6. The standard InChI is InChI=1S/C97H54B2N4S2/c1-3-21-55(22-4-1)57-41-43-85-71(45-57)67-31-19-35-77-95(67)102(85)87-47-59(100-81-37-15-9-27-63(81)64-28-10-16-38-82(64)100)49-91-93(87)98(77)79-51-69-61-25-7-13-33-73(61)97(75(69)53-89(79)104-91)74-34-14-8-26-62(74)70-52-80-90(54-76(70)97)105-92-50-60(101-83-39-17-11-29-65(83)66-30-12-18-40-84(66)101)48-88-94(92)99(80)78-36-20-32-68-72-46-58(56-23-5-2-6-24-56)42-44-86(72)103(88)96(68)78/h1-54H. The molecule has 8 heterocycles. The molecule has 8 heteroatoms. The zero-order valence-electron chi connectivity index (χ0n) is 56.4. The molecule has 4 nitrogen and oxygen atoms in total. The molecule has 20 aromatic rings. The highest BCUT2D eigenvalue weighted by Crippen LogP contribution is 2.64. The maximum Gasteiger partial charge on any atom is 0.249 e. The fourth-order valence-corrected chi connectivity index (χ4v) is 23.2. The molecule has 0 unspecified atom stereocenters. The van der Waals surface area contributed by atoms with Crippen LogP contribution >= 0.6 is 23.5 Å². The van der Waals surface area contributed by atoms with Gasteiger partial charge in [0.25, 0.3) is 0 Å². The normalized spacial score (nSPS) is 14.1. The average molecular weight is 1360 g/mol. The molecule has 0 N–H and O–H groups in total. The van der Waals surface area contributed by atoms with Gasteiger partial charge >= 0.3 is 0 Å². The smallest absolute Gasteiger partial charge is 0.249 e. The van der Waals surface area contributed by atoms with Gasteiger partial charge in [0.1, 0.15) is 0 Å². The molecule has 26 rings (SSSR count). The summed E-state index contributed by atoms with van der Waals surface area (Å²) in [5, 5.41) is 10.2. The monoisotopic (exact) mass is 1360 g/mol. The number of benzene rings is 16. The molecule has 0 saturated carbocycles. The van der Waals surface area contributed by atoms with Gasteiger partial charge in [-0.2, -0.15) is 0 Å². The second-order valence-corrected chi connectivity index (χ2v) is 31.8. The summed E-state index contributed by atoms with van der Waals surface area (Å²) in [6, 6.07) is 126. The van der Waals surface area contributed by atoms with E-state index in [1.807, 2.05) is 23.5 Å². The fraction of sp³-hybridized carbons (Fsp3) is 0.0103. The van der Waals surface area contributed by atoms with E-state index in [1.54, 1.807) is 0 Å². The minimum absolute atomic E-state index is 0.0323. The van der Waals surface area contributed by atoms with Crippen molar-refractivity contribution in [1.82, 2.24) is 18.3 Å². The molecular weight excluding hydrogens is 1310 g/mol. The van der Waals surface area contributed by atoms with Gasteiger partial charge in [-0.1, -0.05) is 277 Å². The highest BCUT2D eigenvalue weighted by atomic mass is 32.2. The SMILES string of the molecule is c1ccc(-c2ccc3c(c2)c2cccc4c2n3-c2cc(-n3c5ccccc5c5ccccc53)cc3c2B4c2cc4c(cc2S3)C2(c3ccccc3-4)c3ccccc3-c3cc4c(cc32)Sc2cc(-n3c5ccccc5c5ccccc53)cc3c2B4c2cccc4c5cc(-c6ccccc6)ccc5n-3c24)cc1. The van der Waals surface area contributed by atoms with E-state index in [0.717, 1.165) is 0 Å². The molecule has 0 radical (unpaired) electrons. The third kappa shape index (κ3) is 7.01. The molecule has 480 valence electrons. The van der Waals surface area contributed by atoms with Crippen molar-refractivity contribution >= 4 is 157 Å². The summed E-state index contributed by atoms with van der Waals surface area (Å²) in [6.45, 7) is -0.0647. The number of hydrogen-bond donors (Lipinski definition) is 0. The minimum Gasteiger partial charge on any atom is -0.310 e. The lowest BCUT2D eigenvalue weighted by Crippen LogP contribution is -2.59. The molecule has 4 aliphatic heterocycles. The van der Waals surface area contributed by atoms with Crippen LogP contribution in [0.15, 0.2) is 347 Å². The molecule has 6 aliphatic rings. The summed E-state index contributed by atoms with van der Waals surface area (Å²) in [5.41, 5.74) is 37.9. The quantitative estimate of drug-likeness (QED) is 0.164. The predicted octanol–water partition coefficient (Wildman–Crippen LogP) is 20.3. The van der Waals surface area contributed by atoms with Gasteiger partial charge in [-0.15, -0.1) is 0 Å². The van der Waals surface area contributed by atoms with Crippen LogP contribution in [0.5, 0.6) is 0 Å². The maximum absolute atomic E-state index is 2.68. The first kappa shape index (κ1) is 56.1. The number of rotatable bonds is 4. The first-order valence-electron chi connectivity index (χ1n) is 36.6. The number of aromatic nitrogens is 4. The van der Waals surface area contributed by atoms with E-state index in [-0.39, 0.29) is 13.4 Å². The van der Waals surface area contributed by atoms with E-state index >= 15 is 0 Å². The van der Waals surface area contributed by atoms with E-state index in [2.05, 4.69) is 346 Å². The molecule has 1 spiro atoms. The Balaban J connectivity index is 0.719. The Morgan fingerprint density at radius 3 is 1.03 bits per heavy atom. The van der Waals surface area contributed by atoms with E-state index in [4.69, 9.17) is 0 Å². The second kappa shape index (κ2) is 20.0. The van der Waals surface area contributed by atoms with Gasteiger partial charge in [0.15, 0.2) is 0 Å². The molecule has 0 amide bonds. The van der Waals surface area contributed by atoms with Crippen LogP contribution in [0.3, 0.4) is 0 Å². The summed E-state index contributed by atoms with van der Waals surface area (Å²) in [6.07, 6.45) is 0. The Labute approximate surface area is 612 Å². The van der Waals surface area contributed by atoms with Crippen LogP contribution in [-0.2, 0) is 5.41 Å². The number of hydrogen-bond acceptors (Lipinski definition) is 2. The molecular formula is C97H54B2N4S2. The molecule has 0 saturated heterocycles. The molecule has 16 aromatic carbocycles. The van der Waals surface area contributed by atoms with Gasteiger partial charge in [-0.3, -0.25) is 0 Å². The maximum atomic E-state index is 2.68. The van der Waals surface area contributed by atoms with Crippen molar-refractivity contribution in [3.8, 4) is 67.3 Å². The Kier molecular flexibility index (Phi) is 10.7. The zero-order valence-corrected chi connectivity index (χ0v) is 58.1. The van der Waals surface area contributed by atoms with Gasteiger partial charge in [0, 0.05) is 96.5 Å². The number of fused-ring (bicyclic) bond motifs is 30. The van der Waals surface area contributed by atoms with Gasteiger partial charge in [0.2, 0.25) is 13.4 Å². The van der Waals surface area contributed by atoms with E-state index in [9.17, 15) is 0 Å². The van der Waals surface area contributed by atoms with E-state index in [0.29, 0.717) is 0 Å². The van der Waals surface area contributed by atoms with Crippen LogP contribution < -0.4 is 32.8 Å². The molecule has 2 aliphatic carbocycles. The van der Waals surface area contributed by atoms with Crippen molar-refractivity contribution in [3.05, 3.63) is 350 Å². The van der Waals surface area contributed by atoms with Crippen LogP contribution in [0.4, 0.5) is 0 Å². The Hall–Kier alpha value is -12.5. The largest absolute Gasteiger partial charge is 0.310 e. The van der Waals surface area contributed by atoms with Crippen molar-refractivity contribution in [3.63, 3.8) is 0 Å². The van der Waals surface area contributed by atoms with Gasteiger partial charge < -0.3 is 18.3 Å². The van der Waals surface area contributed by atoms with Crippen molar-refractivity contribution in [1.29, 1.82) is 0 Å². The van der Waals surface area contributed by atoms with Crippen LogP contribution in [0.2, 0.25) is 0 Å². The average Bonchev–Trinajstić information content (AvgIpc) is 1.52. The summed E-state index contributed by atoms with van der Waals surface area (Å²) in [4.78, 5) is 5.23. The molecule has 4 aromatic heterocycles. The molecule has 105 heavy (non-hydrogen) atoms. The van der Waals surface area contributed by atoms with E-state index < -0.39 is 5.41 Å². The van der Waals surface area contributed by atoms with Crippen molar-refractivity contribution in [2.75, 3.05) is 0 Å². The van der Waals surface area contributed by atoms with E-state index in [1.165, 1.54) is 229 Å². The summed E-state index contributed by atoms with van der Waals surface area (Å²) in [7, 11) is 0. The predicted molar refractivity (Wildman–Crippen MR) is 441 cm³/mol. The van der Waals surface area contributed by atoms with Crippen LogP contribution in [0.1, 0.15) is 22.3 Å². The Bertz CT molecular complexity index is 6890. The van der Waals surface area contributed by atoms with Crippen molar-refractivity contribution in [2.24, 2.45) is 0 Å². The summed E-state index contributed by atoms with van der Waals surface area (Å²) >= 11 is 3.96. The minimum atomic E-state index is -0.625. The third-order valence-electron chi connectivity index (χ3n) is 24.8. The molecule has 0 atom stereocenters. The first-order valence-corrected chi connectivity index (χ1v) is 38.2. The fourth-order valence-electron chi connectivity index (χ4n) is 20.8. The van der Waals surface area contributed by atoms with Crippen LogP contribution in [0, 0.1) is 0 Å². The lowest BCUT2D eigenvalue weighted by Gasteiger charge is -2.36. The van der Waals surface area contributed by atoms with Gasteiger partial charge in [-0.05, 0) is 174 Å². The van der Waals surface area contributed by atoms with Gasteiger partial charge in [-0.25, -0.2) is 0 Å². The van der Waals surface area contributed by atoms with Crippen LogP contribution in [-0.4, -0.2) is 31.7 Å². The highest BCUT2D eigenvalue weighted by molar-refractivity contribution is 8.00. The Morgan fingerprint density at radius 2 is 0.600 bits per heavy atom. The molecule has 0 bridgehead atoms. The van der Waals surface area contributed by atoms with Gasteiger partial charge in [0.05, 0.1) is 38.5 Å². The summed E-state index contributed by atoms with van der Waals surface area (Å²) < 4.78 is 10.3. The first-order chi connectivity index (χ1) is 52.1. The second-order valence-electron chi connectivity index (χ2n) is 29.6. The Morgan fingerprint density at radius 1 is 0.229 bits per heavy atom. The van der Waals surface area contributed by atoms with Crippen molar-refractivity contribution in [2.45, 2.75) is 25.0 Å². The van der Waals surface area contributed by atoms with Crippen molar-refractivity contribution < 1.29 is 0 Å². The molecule has 0 fully saturated rings. The third-order valence-corrected chi connectivity index (χ3v) is 27.1.